The van der Waals surface area contributed by atoms with Crippen LogP contribution in [-0.4, -0.2) is 46.9 Å². The van der Waals surface area contributed by atoms with Crippen LogP contribution in [0.25, 0.3) is 0 Å². The molecule has 0 spiro atoms. The van der Waals surface area contributed by atoms with Gasteiger partial charge in [0.2, 0.25) is 0 Å². The van der Waals surface area contributed by atoms with Gasteiger partial charge in [-0.15, -0.1) is 6.58 Å². The molecular formula is C16H19N3O4. The third-order valence-corrected chi connectivity index (χ3v) is 4.36. The molecule has 1 fully saturated rings. The van der Waals surface area contributed by atoms with Gasteiger partial charge in [0.15, 0.2) is 0 Å². The molecule has 7 heteroatoms. The second-order valence-corrected chi connectivity index (χ2v) is 5.57. The molecule has 2 aliphatic rings. The summed E-state index contributed by atoms with van der Waals surface area (Å²) in [6.07, 6.45) is 2.24. The van der Waals surface area contributed by atoms with E-state index in [2.05, 4.69) is 6.58 Å². The van der Waals surface area contributed by atoms with Crippen molar-refractivity contribution < 1.29 is 19.5 Å². The van der Waals surface area contributed by atoms with Gasteiger partial charge in [0.25, 0.3) is 0 Å². The van der Waals surface area contributed by atoms with Crippen LogP contribution in [0.2, 0.25) is 0 Å². The van der Waals surface area contributed by atoms with E-state index in [-0.39, 0.29) is 19.2 Å². The van der Waals surface area contributed by atoms with Crippen LogP contribution in [0.1, 0.15) is 18.9 Å². The molecule has 122 valence electrons. The van der Waals surface area contributed by atoms with Crippen LogP contribution in [0.4, 0.5) is 10.5 Å². The number of amides is 2. The lowest BCUT2D eigenvalue weighted by atomic mass is 9.85. The Morgan fingerprint density at radius 1 is 1.48 bits per heavy atom. The average Bonchev–Trinajstić information content (AvgIpc) is 2.80. The quantitative estimate of drug-likeness (QED) is 0.812. The summed E-state index contributed by atoms with van der Waals surface area (Å²) >= 11 is 0. The van der Waals surface area contributed by atoms with Gasteiger partial charge in [-0.05, 0) is 12.5 Å². The van der Waals surface area contributed by atoms with E-state index in [1.165, 1.54) is 15.1 Å². The number of carboxylic acid groups (broad SMARTS) is 1. The number of hydrogen-bond acceptors (Lipinski definition) is 4. The highest BCUT2D eigenvalue weighted by Gasteiger charge is 2.57. The fourth-order valence-corrected chi connectivity index (χ4v) is 3.32. The van der Waals surface area contributed by atoms with E-state index in [1.807, 2.05) is 31.2 Å². The number of carbonyl (C=O) groups excluding carboxylic acids is 1. The summed E-state index contributed by atoms with van der Waals surface area (Å²) < 4.78 is 0. The number of nitrogens with zero attached hydrogens (tertiary/aromatic N) is 3. The lowest BCUT2D eigenvalue weighted by Crippen LogP contribution is -2.51. The van der Waals surface area contributed by atoms with E-state index in [9.17, 15) is 14.7 Å². The van der Waals surface area contributed by atoms with Crippen molar-refractivity contribution >= 4 is 17.7 Å². The molecule has 2 aliphatic heterocycles. The SMILES string of the molecule is C=CCON1C(=O)N2CC1(CC)c1ccccc1N2CC(=O)O. The lowest BCUT2D eigenvalue weighted by molar-refractivity contribution is -0.159. The van der Waals surface area contributed by atoms with E-state index >= 15 is 0 Å². The van der Waals surface area contributed by atoms with E-state index in [0.717, 1.165) is 11.3 Å². The topological polar surface area (TPSA) is 73.3 Å². The normalized spacial score (nSPS) is 22.3. The minimum absolute atomic E-state index is 0.211. The van der Waals surface area contributed by atoms with Gasteiger partial charge in [-0.1, -0.05) is 31.2 Å². The van der Waals surface area contributed by atoms with Crippen molar-refractivity contribution in [2.45, 2.75) is 18.9 Å². The predicted molar refractivity (Wildman–Crippen MR) is 83.5 cm³/mol. The van der Waals surface area contributed by atoms with Gasteiger partial charge in [-0.2, -0.15) is 5.06 Å². The summed E-state index contributed by atoms with van der Waals surface area (Å²) in [4.78, 5) is 29.6. The van der Waals surface area contributed by atoms with Gasteiger partial charge < -0.3 is 5.11 Å². The van der Waals surface area contributed by atoms with E-state index in [1.54, 1.807) is 6.08 Å². The van der Waals surface area contributed by atoms with Gasteiger partial charge >= 0.3 is 12.0 Å². The molecule has 7 nitrogen and oxygen atoms in total. The zero-order valence-corrected chi connectivity index (χ0v) is 12.9. The highest BCUT2D eigenvalue weighted by molar-refractivity contribution is 5.85. The number of urea groups is 1. The molecule has 0 saturated carbocycles. The van der Waals surface area contributed by atoms with Crippen molar-refractivity contribution in [2.24, 2.45) is 0 Å². The summed E-state index contributed by atoms with van der Waals surface area (Å²) in [6.45, 7) is 5.90. The molecule has 1 saturated heterocycles. The third-order valence-electron chi connectivity index (χ3n) is 4.36. The lowest BCUT2D eigenvalue weighted by Gasteiger charge is -2.42. The first-order valence-electron chi connectivity index (χ1n) is 7.49. The highest BCUT2D eigenvalue weighted by Crippen LogP contribution is 2.48. The Morgan fingerprint density at radius 2 is 2.22 bits per heavy atom. The average molecular weight is 317 g/mol. The van der Waals surface area contributed by atoms with Crippen molar-refractivity contribution in [2.75, 3.05) is 24.7 Å². The number of hydroxylamine groups is 2. The first-order chi connectivity index (χ1) is 11.0. The molecule has 1 atom stereocenters. The van der Waals surface area contributed by atoms with Gasteiger partial charge in [0.1, 0.15) is 12.1 Å². The minimum Gasteiger partial charge on any atom is -0.480 e. The number of carboxylic acids is 1. The largest absolute Gasteiger partial charge is 0.480 e. The maximum absolute atomic E-state index is 12.8. The summed E-state index contributed by atoms with van der Waals surface area (Å²) in [5, 5.41) is 13.5. The van der Waals surface area contributed by atoms with Crippen molar-refractivity contribution in [3.63, 3.8) is 0 Å². The number of para-hydroxylation sites is 1. The number of fused-ring (bicyclic) bond motifs is 4. The standard InChI is InChI=1S/C16H19N3O4/c1-3-9-23-19-15(22)18-11-16(19,4-2)12-7-5-6-8-13(12)17(18)10-14(20)21/h3,5-8H,1,4,9-11H2,2H3,(H,20,21). The molecule has 1 aromatic rings. The Hall–Kier alpha value is -2.54. The summed E-state index contributed by atoms with van der Waals surface area (Å²) in [7, 11) is 0. The molecule has 0 aromatic heterocycles. The fraction of sp³-hybridized carbons (Fsp3) is 0.375. The van der Waals surface area contributed by atoms with Crippen molar-refractivity contribution in [3.05, 3.63) is 42.5 Å². The van der Waals surface area contributed by atoms with Gasteiger partial charge in [0.05, 0.1) is 18.8 Å². The summed E-state index contributed by atoms with van der Waals surface area (Å²) in [6, 6.07) is 7.13. The zero-order valence-electron chi connectivity index (χ0n) is 12.9. The van der Waals surface area contributed by atoms with Crippen molar-refractivity contribution in [1.82, 2.24) is 10.1 Å². The van der Waals surface area contributed by atoms with Crippen LogP contribution in [-0.2, 0) is 15.2 Å². The van der Waals surface area contributed by atoms with E-state index in [4.69, 9.17) is 4.84 Å². The molecule has 0 radical (unpaired) electrons. The smallest absolute Gasteiger partial charge is 0.363 e. The third kappa shape index (κ3) is 2.16. The zero-order chi connectivity index (χ0) is 16.6. The number of benzene rings is 1. The molecule has 1 unspecified atom stereocenters. The maximum atomic E-state index is 12.8. The van der Waals surface area contributed by atoms with Crippen LogP contribution in [0.3, 0.4) is 0 Å². The Labute approximate surface area is 134 Å². The van der Waals surface area contributed by atoms with Crippen LogP contribution >= 0.6 is 0 Å². The molecule has 2 heterocycles. The molecule has 0 aliphatic carbocycles. The Morgan fingerprint density at radius 3 is 2.87 bits per heavy atom. The van der Waals surface area contributed by atoms with Crippen molar-refractivity contribution in [3.8, 4) is 0 Å². The van der Waals surface area contributed by atoms with Crippen LogP contribution in [0.5, 0.6) is 0 Å². The minimum atomic E-state index is -0.998. The molecule has 1 N–H and O–H groups in total. The molecule has 2 bridgehead atoms. The van der Waals surface area contributed by atoms with Crippen LogP contribution < -0.4 is 5.01 Å². The second-order valence-electron chi connectivity index (χ2n) is 5.57. The van der Waals surface area contributed by atoms with Crippen LogP contribution in [0, 0.1) is 0 Å². The van der Waals surface area contributed by atoms with Gasteiger partial charge in [-0.3, -0.25) is 14.6 Å². The molecule has 1 aromatic carbocycles. The van der Waals surface area contributed by atoms with Crippen molar-refractivity contribution in [1.29, 1.82) is 0 Å². The number of anilines is 1. The Bertz CT molecular complexity index is 662. The number of aliphatic carboxylic acids is 1. The predicted octanol–water partition coefficient (Wildman–Crippen LogP) is 1.97. The first-order valence-corrected chi connectivity index (χ1v) is 7.49. The molecular weight excluding hydrogens is 298 g/mol. The number of hydrazine groups is 1. The van der Waals surface area contributed by atoms with Crippen LogP contribution in [0.15, 0.2) is 36.9 Å². The highest BCUT2D eigenvalue weighted by atomic mass is 16.7. The molecule has 3 rings (SSSR count). The number of carbonyl (C=O) groups is 2. The Kier molecular flexibility index (Phi) is 3.73. The van der Waals surface area contributed by atoms with Gasteiger partial charge in [0, 0.05) is 5.56 Å². The second kappa shape index (κ2) is 5.58. The van der Waals surface area contributed by atoms with E-state index < -0.39 is 11.5 Å². The molecule has 23 heavy (non-hydrogen) atoms. The summed E-state index contributed by atoms with van der Waals surface area (Å²) in [5.41, 5.74) is 1.00. The maximum Gasteiger partial charge on any atom is 0.363 e. The first kappa shape index (κ1) is 15.4. The van der Waals surface area contributed by atoms with E-state index in [0.29, 0.717) is 13.0 Å². The molecule has 2 amide bonds. The van der Waals surface area contributed by atoms with Gasteiger partial charge in [-0.25, -0.2) is 9.80 Å². The monoisotopic (exact) mass is 317 g/mol. The number of rotatable bonds is 6. The summed E-state index contributed by atoms with van der Waals surface area (Å²) in [5.74, 6) is -0.998. The fourth-order valence-electron chi connectivity index (χ4n) is 3.32. The Balaban J connectivity index is 2.13. The number of hydrogen-bond donors (Lipinski definition) is 1.